The maximum atomic E-state index is 11.0. The van der Waals surface area contributed by atoms with Crippen LogP contribution in [0.4, 0.5) is 5.82 Å². The van der Waals surface area contributed by atoms with E-state index in [1.54, 1.807) is 0 Å². The number of carbonyl (C=O) groups excluding carboxylic acids is 1. The smallest absolute Gasteiger partial charge is 0.220 e. The number of amides is 1. The predicted octanol–water partition coefficient (Wildman–Crippen LogP) is 1.24. The Bertz CT molecular complexity index is 382. The first-order valence-electron chi connectivity index (χ1n) is 6.01. The highest BCUT2D eigenvalue weighted by Crippen LogP contribution is 2.25. The van der Waals surface area contributed by atoms with Crippen molar-refractivity contribution in [2.45, 2.75) is 38.6 Å². The number of nitrogens with two attached hydrogens (primary N) is 1. The van der Waals surface area contributed by atoms with Crippen LogP contribution in [0.2, 0.25) is 0 Å². The van der Waals surface area contributed by atoms with Gasteiger partial charge in [-0.1, -0.05) is 0 Å². The molecular formula is C12H18N4O. The van der Waals surface area contributed by atoms with Crippen molar-refractivity contribution >= 4 is 11.7 Å². The Hall–Kier alpha value is -1.65. The highest BCUT2D eigenvalue weighted by atomic mass is 16.1. The third-order valence-electron chi connectivity index (χ3n) is 3.28. The summed E-state index contributed by atoms with van der Waals surface area (Å²) < 4.78 is 0. The largest absolute Gasteiger partial charge is 0.369 e. The number of primary amides is 1. The van der Waals surface area contributed by atoms with E-state index in [0.717, 1.165) is 37.2 Å². The fourth-order valence-corrected chi connectivity index (χ4v) is 2.21. The van der Waals surface area contributed by atoms with Gasteiger partial charge in [-0.05, 0) is 44.7 Å². The molecule has 1 saturated carbocycles. The Morgan fingerprint density at radius 2 is 2.00 bits per heavy atom. The Morgan fingerprint density at radius 3 is 2.53 bits per heavy atom. The predicted molar refractivity (Wildman–Crippen MR) is 65.3 cm³/mol. The molecule has 0 radical (unpaired) electrons. The van der Waals surface area contributed by atoms with Crippen LogP contribution in [-0.2, 0) is 4.79 Å². The van der Waals surface area contributed by atoms with Crippen LogP contribution in [0.3, 0.4) is 0 Å². The Balaban J connectivity index is 1.85. The molecule has 1 fully saturated rings. The van der Waals surface area contributed by atoms with Gasteiger partial charge in [-0.25, -0.2) is 0 Å². The van der Waals surface area contributed by atoms with E-state index in [4.69, 9.17) is 5.73 Å². The summed E-state index contributed by atoms with van der Waals surface area (Å²) in [5.74, 6) is 0.689. The number of nitrogens with zero attached hydrogens (tertiary/aromatic N) is 2. The molecule has 0 atom stereocenters. The molecule has 1 aromatic rings. The van der Waals surface area contributed by atoms with Crippen molar-refractivity contribution in [2.75, 3.05) is 5.32 Å². The molecule has 0 saturated heterocycles. The van der Waals surface area contributed by atoms with Gasteiger partial charge >= 0.3 is 0 Å². The normalized spacial score (nSPS) is 24.3. The molecule has 1 amide bonds. The van der Waals surface area contributed by atoms with E-state index in [1.807, 2.05) is 19.1 Å². The molecule has 1 heterocycles. The molecule has 92 valence electrons. The third kappa shape index (κ3) is 3.15. The molecule has 1 aromatic heterocycles. The van der Waals surface area contributed by atoms with Gasteiger partial charge in [0, 0.05) is 12.0 Å². The maximum absolute atomic E-state index is 11.0. The van der Waals surface area contributed by atoms with E-state index in [0.29, 0.717) is 6.04 Å². The minimum Gasteiger partial charge on any atom is -0.369 e. The number of anilines is 1. The molecule has 3 N–H and O–H groups in total. The van der Waals surface area contributed by atoms with Crippen LogP contribution in [0.5, 0.6) is 0 Å². The van der Waals surface area contributed by atoms with Gasteiger partial charge in [0.05, 0.1) is 5.69 Å². The lowest BCUT2D eigenvalue weighted by molar-refractivity contribution is -0.122. The number of carbonyl (C=O) groups is 1. The van der Waals surface area contributed by atoms with Crippen molar-refractivity contribution in [1.29, 1.82) is 0 Å². The lowest BCUT2D eigenvalue weighted by Gasteiger charge is -2.27. The summed E-state index contributed by atoms with van der Waals surface area (Å²) in [6.07, 6.45) is 3.66. The van der Waals surface area contributed by atoms with Crippen molar-refractivity contribution in [2.24, 2.45) is 11.7 Å². The maximum Gasteiger partial charge on any atom is 0.220 e. The summed E-state index contributed by atoms with van der Waals surface area (Å²) in [6, 6.07) is 4.25. The number of aryl methyl sites for hydroxylation is 1. The first-order valence-corrected chi connectivity index (χ1v) is 6.01. The van der Waals surface area contributed by atoms with E-state index >= 15 is 0 Å². The molecule has 0 spiro atoms. The van der Waals surface area contributed by atoms with Crippen LogP contribution in [-0.4, -0.2) is 22.1 Å². The van der Waals surface area contributed by atoms with Gasteiger partial charge in [-0.2, -0.15) is 5.10 Å². The van der Waals surface area contributed by atoms with Crippen molar-refractivity contribution in [3.8, 4) is 0 Å². The average molecular weight is 234 g/mol. The average Bonchev–Trinajstić information content (AvgIpc) is 2.33. The SMILES string of the molecule is Cc1ccc(NC2CCC(C(N)=O)CC2)nn1. The van der Waals surface area contributed by atoms with E-state index in [1.165, 1.54) is 0 Å². The summed E-state index contributed by atoms with van der Waals surface area (Å²) in [5, 5.41) is 11.4. The van der Waals surface area contributed by atoms with Crippen LogP contribution < -0.4 is 11.1 Å². The number of hydrogen-bond donors (Lipinski definition) is 2. The molecule has 1 aliphatic rings. The summed E-state index contributed by atoms with van der Waals surface area (Å²) in [6.45, 7) is 1.91. The number of aromatic nitrogens is 2. The van der Waals surface area contributed by atoms with Crippen molar-refractivity contribution in [3.63, 3.8) is 0 Å². The van der Waals surface area contributed by atoms with Crippen LogP contribution in [0.25, 0.3) is 0 Å². The Kier molecular flexibility index (Phi) is 3.56. The van der Waals surface area contributed by atoms with Crippen molar-refractivity contribution in [3.05, 3.63) is 17.8 Å². The number of nitrogens with one attached hydrogen (secondary N) is 1. The van der Waals surface area contributed by atoms with E-state index in [2.05, 4.69) is 15.5 Å². The second-order valence-electron chi connectivity index (χ2n) is 4.66. The first-order chi connectivity index (χ1) is 8.15. The lowest BCUT2D eigenvalue weighted by Crippen LogP contribution is -2.32. The topological polar surface area (TPSA) is 80.9 Å². The molecule has 0 unspecified atom stereocenters. The molecule has 17 heavy (non-hydrogen) atoms. The van der Waals surface area contributed by atoms with Gasteiger partial charge in [0.15, 0.2) is 0 Å². The van der Waals surface area contributed by atoms with Crippen LogP contribution in [0, 0.1) is 12.8 Å². The minimum atomic E-state index is -0.168. The molecule has 2 rings (SSSR count). The minimum absolute atomic E-state index is 0.0529. The van der Waals surface area contributed by atoms with E-state index < -0.39 is 0 Å². The summed E-state index contributed by atoms with van der Waals surface area (Å²) in [5.41, 5.74) is 6.21. The lowest BCUT2D eigenvalue weighted by atomic mass is 9.85. The van der Waals surface area contributed by atoms with Gasteiger partial charge in [-0.15, -0.1) is 5.10 Å². The zero-order valence-corrected chi connectivity index (χ0v) is 10.0. The monoisotopic (exact) mass is 234 g/mol. The fourth-order valence-electron chi connectivity index (χ4n) is 2.21. The van der Waals surface area contributed by atoms with Gasteiger partial charge in [0.25, 0.3) is 0 Å². The second-order valence-corrected chi connectivity index (χ2v) is 4.66. The molecule has 0 aliphatic heterocycles. The fraction of sp³-hybridized carbons (Fsp3) is 0.583. The molecule has 1 aliphatic carbocycles. The highest BCUT2D eigenvalue weighted by molar-refractivity contribution is 5.76. The zero-order valence-electron chi connectivity index (χ0n) is 10.0. The van der Waals surface area contributed by atoms with E-state index in [9.17, 15) is 4.79 Å². The second kappa shape index (κ2) is 5.12. The molecule has 5 nitrogen and oxygen atoms in total. The summed E-state index contributed by atoms with van der Waals surface area (Å²) >= 11 is 0. The molecule has 5 heteroatoms. The summed E-state index contributed by atoms with van der Waals surface area (Å²) in [4.78, 5) is 11.0. The number of rotatable bonds is 3. The highest BCUT2D eigenvalue weighted by Gasteiger charge is 2.24. The van der Waals surface area contributed by atoms with Crippen LogP contribution in [0.1, 0.15) is 31.4 Å². The Labute approximate surface area is 101 Å². The quantitative estimate of drug-likeness (QED) is 0.824. The van der Waals surface area contributed by atoms with Crippen LogP contribution in [0.15, 0.2) is 12.1 Å². The summed E-state index contributed by atoms with van der Waals surface area (Å²) in [7, 11) is 0. The van der Waals surface area contributed by atoms with Gasteiger partial charge in [0.1, 0.15) is 5.82 Å². The first kappa shape index (κ1) is 11.8. The zero-order chi connectivity index (χ0) is 12.3. The standard InChI is InChI=1S/C12H18N4O/c1-8-2-7-11(16-15-8)14-10-5-3-9(4-6-10)12(13)17/h2,7,9-10H,3-6H2,1H3,(H2,13,17)(H,14,16). The number of hydrogen-bond acceptors (Lipinski definition) is 4. The van der Waals surface area contributed by atoms with Gasteiger partial charge in [-0.3, -0.25) is 4.79 Å². The van der Waals surface area contributed by atoms with Crippen LogP contribution >= 0.6 is 0 Å². The van der Waals surface area contributed by atoms with Crippen molar-refractivity contribution in [1.82, 2.24) is 10.2 Å². The van der Waals surface area contributed by atoms with Gasteiger partial charge < -0.3 is 11.1 Å². The third-order valence-corrected chi connectivity index (χ3v) is 3.28. The molecular weight excluding hydrogens is 216 g/mol. The Morgan fingerprint density at radius 1 is 1.29 bits per heavy atom. The van der Waals surface area contributed by atoms with E-state index in [-0.39, 0.29) is 11.8 Å². The van der Waals surface area contributed by atoms with Crippen molar-refractivity contribution < 1.29 is 4.79 Å². The molecule has 0 aromatic carbocycles. The molecule has 0 bridgehead atoms. The van der Waals surface area contributed by atoms with Gasteiger partial charge in [0.2, 0.25) is 5.91 Å².